The lowest BCUT2D eigenvalue weighted by Gasteiger charge is -2.23. The van der Waals surface area contributed by atoms with Crippen molar-refractivity contribution in [3.63, 3.8) is 0 Å². The third kappa shape index (κ3) is 4.89. The molecular formula is C16H22F2N4. The highest BCUT2D eigenvalue weighted by atomic mass is 19.1. The Morgan fingerprint density at radius 2 is 1.91 bits per heavy atom. The number of rotatable bonds is 7. The first-order valence-electron chi connectivity index (χ1n) is 7.25. The van der Waals surface area contributed by atoms with E-state index in [2.05, 4.69) is 19.8 Å². The van der Waals surface area contributed by atoms with Crippen LogP contribution in [0.3, 0.4) is 0 Å². The SMILES string of the molecule is Cc1ncc(CN(CCN(C)C)Cc2ccc(F)cc2F)[nH]1. The smallest absolute Gasteiger partial charge is 0.130 e. The van der Waals surface area contributed by atoms with Crippen molar-refractivity contribution in [2.45, 2.75) is 20.0 Å². The van der Waals surface area contributed by atoms with Gasteiger partial charge in [0.1, 0.15) is 17.5 Å². The molecule has 0 bridgehead atoms. The Morgan fingerprint density at radius 3 is 2.50 bits per heavy atom. The Morgan fingerprint density at radius 1 is 1.14 bits per heavy atom. The van der Waals surface area contributed by atoms with Crippen LogP contribution in [0.1, 0.15) is 17.1 Å². The van der Waals surface area contributed by atoms with E-state index in [0.29, 0.717) is 18.7 Å². The largest absolute Gasteiger partial charge is 0.345 e. The van der Waals surface area contributed by atoms with Crippen molar-refractivity contribution < 1.29 is 8.78 Å². The molecule has 120 valence electrons. The van der Waals surface area contributed by atoms with Crippen LogP contribution in [0.2, 0.25) is 0 Å². The Kier molecular flexibility index (Phi) is 5.63. The summed E-state index contributed by atoms with van der Waals surface area (Å²) in [6.45, 7) is 4.61. The lowest BCUT2D eigenvalue weighted by atomic mass is 10.2. The third-order valence-corrected chi connectivity index (χ3v) is 3.42. The van der Waals surface area contributed by atoms with Crippen molar-refractivity contribution in [3.05, 3.63) is 53.1 Å². The fourth-order valence-corrected chi connectivity index (χ4v) is 2.24. The molecule has 1 aromatic heterocycles. The molecule has 0 aliphatic heterocycles. The molecule has 1 heterocycles. The third-order valence-electron chi connectivity index (χ3n) is 3.42. The van der Waals surface area contributed by atoms with Crippen LogP contribution >= 0.6 is 0 Å². The molecule has 0 aliphatic carbocycles. The number of nitrogens with one attached hydrogen (secondary N) is 1. The number of hydrogen-bond donors (Lipinski definition) is 1. The van der Waals surface area contributed by atoms with Crippen LogP contribution in [-0.2, 0) is 13.1 Å². The van der Waals surface area contributed by atoms with Gasteiger partial charge in [-0.1, -0.05) is 6.07 Å². The fourth-order valence-electron chi connectivity index (χ4n) is 2.24. The molecule has 0 radical (unpaired) electrons. The second-order valence-electron chi connectivity index (χ2n) is 5.74. The van der Waals surface area contributed by atoms with Crippen LogP contribution in [0, 0.1) is 18.6 Å². The molecule has 2 aromatic rings. The number of aryl methyl sites for hydroxylation is 1. The van der Waals surface area contributed by atoms with Crippen molar-refractivity contribution in [1.82, 2.24) is 19.8 Å². The highest BCUT2D eigenvalue weighted by molar-refractivity contribution is 5.18. The lowest BCUT2D eigenvalue weighted by Crippen LogP contribution is -2.31. The van der Waals surface area contributed by atoms with Crippen molar-refractivity contribution in [1.29, 1.82) is 0 Å². The molecule has 0 spiro atoms. The summed E-state index contributed by atoms with van der Waals surface area (Å²) in [5, 5.41) is 0. The summed E-state index contributed by atoms with van der Waals surface area (Å²) in [6, 6.07) is 3.73. The van der Waals surface area contributed by atoms with E-state index in [1.807, 2.05) is 21.0 Å². The Balaban J connectivity index is 2.09. The number of halogens is 2. The predicted octanol–water partition coefficient (Wildman–Crippen LogP) is 2.56. The van der Waals surface area contributed by atoms with E-state index < -0.39 is 11.6 Å². The summed E-state index contributed by atoms with van der Waals surface area (Å²) in [5.41, 5.74) is 1.48. The molecule has 22 heavy (non-hydrogen) atoms. The molecule has 0 aliphatic rings. The van der Waals surface area contributed by atoms with Crippen molar-refractivity contribution in [3.8, 4) is 0 Å². The average molecular weight is 308 g/mol. The van der Waals surface area contributed by atoms with Gasteiger partial charge in [-0.25, -0.2) is 13.8 Å². The van der Waals surface area contributed by atoms with E-state index in [9.17, 15) is 8.78 Å². The topological polar surface area (TPSA) is 35.2 Å². The van der Waals surface area contributed by atoms with Gasteiger partial charge >= 0.3 is 0 Å². The van der Waals surface area contributed by atoms with Gasteiger partial charge in [0.25, 0.3) is 0 Å². The quantitative estimate of drug-likeness (QED) is 0.854. The predicted molar refractivity (Wildman–Crippen MR) is 82.4 cm³/mol. The molecular weight excluding hydrogens is 286 g/mol. The zero-order valence-corrected chi connectivity index (χ0v) is 13.2. The molecule has 2 rings (SSSR count). The zero-order valence-electron chi connectivity index (χ0n) is 13.2. The van der Waals surface area contributed by atoms with Crippen LogP contribution < -0.4 is 0 Å². The number of nitrogens with zero attached hydrogens (tertiary/aromatic N) is 3. The molecule has 1 aromatic carbocycles. The van der Waals surface area contributed by atoms with Gasteiger partial charge in [-0.3, -0.25) is 4.90 Å². The second kappa shape index (κ2) is 7.47. The van der Waals surface area contributed by atoms with Gasteiger partial charge in [0, 0.05) is 49.7 Å². The van der Waals surface area contributed by atoms with Crippen LogP contribution in [0.25, 0.3) is 0 Å². The van der Waals surface area contributed by atoms with Gasteiger partial charge in [-0.05, 0) is 27.1 Å². The van der Waals surface area contributed by atoms with E-state index in [1.54, 1.807) is 6.20 Å². The van der Waals surface area contributed by atoms with Crippen LogP contribution in [0.5, 0.6) is 0 Å². The summed E-state index contributed by atoms with van der Waals surface area (Å²) < 4.78 is 26.9. The molecule has 0 unspecified atom stereocenters. The molecule has 0 saturated carbocycles. The standard InChI is InChI=1S/C16H22F2N4/c1-12-19-9-15(20-12)11-22(7-6-21(2)3)10-13-4-5-14(17)8-16(13)18/h4-5,8-9H,6-7,10-11H2,1-3H3,(H,19,20). The van der Waals surface area contributed by atoms with Gasteiger partial charge in [-0.15, -0.1) is 0 Å². The number of hydrogen-bond acceptors (Lipinski definition) is 3. The van der Waals surface area contributed by atoms with Gasteiger partial charge in [0.15, 0.2) is 0 Å². The zero-order chi connectivity index (χ0) is 16.1. The lowest BCUT2D eigenvalue weighted by molar-refractivity contribution is 0.221. The molecule has 0 atom stereocenters. The number of likely N-dealkylation sites (N-methyl/N-ethyl adjacent to an activating group) is 1. The summed E-state index contributed by atoms with van der Waals surface area (Å²) in [7, 11) is 3.99. The van der Waals surface area contributed by atoms with Crippen LogP contribution in [0.4, 0.5) is 8.78 Å². The van der Waals surface area contributed by atoms with E-state index in [1.165, 1.54) is 12.1 Å². The van der Waals surface area contributed by atoms with E-state index >= 15 is 0 Å². The molecule has 0 saturated heterocycles. The Bertz CT molecular complexity index is 610. The molecule has 6 heteroatoms. The first-order chi connectivity index (χ1) is 10.4. The van der Waals surface area contributed by atoms with Crippen LogP contribution in [0.15, 0.2) is 24.4 Å². The summed E-state index contributed by atoms with van der Waals surface area (Å²) >= 11 is 0. The second-order valence-corrected chi connectivity index (χ2v) is 5.74. The Labute approximate surface area is 129 Å². The number of H-pyrrole nitrogens is 1. The van der Waals surface area contributed by atoms with Gasteiger partial charge in [0.05, 0.1) is 0 Å². The van der Waals surface area contributed by atoms with Crippen LogP contribution in [-0.4, -0.2) is 47.0 Å². The van der Waals surface area contributed by atoms with E-state index in [-0.39, 0.29) is 0 Å². The van der Waals surface area contributed by atoms with Gasteiger partial charge < -0.3 is 9.88 Å². The number of aromatic amines is 1. The van der Waals surface area contributed by atoms with E-state index in [4.69, 9.17) is 0 Å². The first kappa shape index (κ1) is 16.6. The maximum absolute atomic E-state index is 13.9. The maximum atomic E-state index is 13.9. The maximum Gasteiger partial charge on any atom is 0.130 e. The van der Waals surface area contributed by atoms with Gasteiger partial charge in [-0.2, -0.15) is 0 Å². The fraction of sp³-hybridized carbons (Fsp3) is 0.438. The Hall–Kier alpha value is -1.79. The highest BCUT2D eigenvalue weighted by Crippen LogP contribution is 2.14. The van der Waals surface area contributed by atoms with Crippen molar-refractivity contribution in [2.75, 3.05) is 27.2 Å². The number of imidazole rings is 1. The first-order valence-corrected chi connectivity index (χ1v) is 7.25. The highest BCUT2D eigenvalue weighted by Gasteiger charge is 2.12. The average Bonchev–Trinajstić information content (AvgIpc) is 2.84. The molecule has 1 N–H and O–H groups in total. The summed E-state index contributed by atoms with van der Waals surface area (Å²) in [4.78, 5) is 11.6. The van der Waals surface area contributed by atoms with Crippen molar-refractivity contribution in [2.24, 2.45) is 0 Å². The number of aromatic nitrogens is 2. The molecule has 0 fully saturated rings. The van der Waals surface area contributed by atoms with E-state index in [0.717, 1.165) is 30.7 Å². The van der Waals surface area contributed by atoms with Crippen molar-refractivity contribution >= 4 is 0 Å². The summed E-state index contributed by atoms with van der Waals surface area (Å²) in [5.74, 6) is -0.198. The minimum Gasteiger partial charge on any atom is -0.345 e. The molecule has 0 amide bonds. The normalized spacial score (nSPS) is 11.6. The monoisotopic (exact) mass is 308 g/mol. The molecule has 4 nitrogen and oxygen atoms in total. The minimum atomic E-state index is -0.551. The number of benzene rings is 1. The summed E-state index contributed by atoms with van der Waals surface area (Å²) in [6.07, 6.45) is 1.79. The van der Waals surface area contributed by atoms with Gasteiger partial charge in [0.2, 0.25) is 0 Å². The minimum absolute atomic E-state index is 0.429.